The Balaban J connectivity index is 1.90. The topological polar surface area (TPSA) is 54.2 Å². The summed E-state index contributed by atoms with van der Waals surface area (Å²) in [6, 6.07) is 0.154. The minimum atomic E-state index is 0.154. The van der Waals surface area contributed by atoms with Gasteiger partial charge >= 0.3 is 0 Å². The van der Waals surface area contributed by atoms with Crippen molar-refractivity contribution in [3.63, 3.8) is 0 Å². The fourth-order valence-corrected chi connectivity index (χ4v) is 2.51. The van der Waals surface area contributed by atoms with E-state index in [9.17, 15) is 0 Å². The van der Waals surface area contributed by atoms with Crippen LogP contribution in [0.4, 0.5) is 0 Å². The highest BCUT2D eigenvalue weighted by Crippen LogP contribution is 2.20. The lowest BCUT2D eigenvalue weighted by Crippen LogP contribution is -2.35. The first kappa shape index (κ1) is 13.5. The third-order valence-electron chi connectivity index (χ3n) is 3.82. The number of nitrogens with one attached hydrogen (secondary N) is 1. The number of piperidine rings is 1. The molecular weight excluding hydrogens is 228 g/mol. The van der Waals surface area contributed by atoms with Gasteiger partial charge in [0, 0.05) is 13.0 Å². The van der Waals surface area contributed by atoms with Gasteiger partial charge in [-0.15, -0.1) is 0 Å². The van der Waals surface area contributed by atoms with Crippen molar-refractivity contribution in [3.8, 4) is 0 Å². The molecule has 2 atom stereocenters. The molecule has 102 valence electrons. The van der Waals surface area contributed by atoms with Crippen LogP contribution in [0.25, 0.3) is 0 Å². The summed E-state index contributed by atoms with van der Waals surface area (Å²) in [5.74, 6) is 2.21. The number of hydrogen-bond donors (Lipinski definition) is 1. The first-order valence-corrected chi connectivity index (χ1v) is 6.95. The molecule has 0 bridgehead atoms. The van der Waals surface area contributed by atoms with Crippen LogP contribution in [0.3, 0.4) is 0 Å². The minimum Gasteiger partial charge on any atom is -0.339 e. The molecule has 2 rings (SSSR count). The molecule has 1 aromatic heterocycles. The Kier molecular flexibility index (Phi) is 4.72. The molecule has 1 N–H and O–H groups in total. The van der Waals surface area contributed by atoms with Crippen LogP contribution in [0.2, 0.25) is 0 Å². The van der Waals surface area contributed by atoms with Crippen LogP contribution in [-0.4, -0.2) is 41.7 Å². The van der Waals surface area contributed by atoms with Crippen LogP contribution in [0, 0.1) is 5.92 Å². The molecule has 1 aliphatic rings. The van der Waals surface area contributed by atoms with Crippen molar-refractivity contribution in [2.45, 2.75) is 39.2 Å². The van der Waals surface area contributed by atoms with E-state index in [1.54, 1.807) is 0 Å². The summed E-state index contributed by atoms with van der Waals surface area (Å²) in [6.45, 7) is 7.80. The smallest absolute Gasteiger partial charge is 0.227 e. The molecule has 0 radical (unpaired) electrons. The summed E-state index contributed by atoms with van der Waals surface area (Å²) in [7, 11) is 1.90. The third kappa shape index (κ3) is 3.29. The zero-order valence-corrected chi connectivity index (χ0v) is 11.6. The Morgan fingerprint density at radius 2 is 2.39 bits per heavy atom. The number of rotatable bonds is 5. The first-order valence-electron chi connectivity index (χ1n) is 6.95. The summed E-state index contributed by atoms with van der Waals surface area (Å²) >= 11 is 0. The van der Waals surface area contributed by atoms with Gasteiger partial charge < -0.3 is 14.7 Å². The maximum atomic E-state index is 5.34. The normalized spacial score (nSPS) is 23.2. The van der Waals surface area contributed by atoms with Crippen LogP contribution in [0.1, 0.15) is 44.4 Å². The molecule has 1 saturated heterocycles. The molecule has 0 saturated carbocycles. The van der Waals surface area contributed by atoms with E-state index in [1.807, 2.05) is 14.0 Å². The van der Waals surface area contributed by atoms with E-state index in [-0.39, 0.29) is 6.04 Å². The van der Waals surface area contributed by atoms with E-state index in [0.29, 0.717) is 5.92 Å². The van der Waals surface area contributed by atoms with Crippen LogP contribution < -0.4 is 5.32 Å². The molecule has 1 fully saturated rings. The van der Waals surface area contributed by atoms with E-state index in [4.69, 9.17) is 4.52 Å². The third-order valence-corrected chi connectivity index (χ3v) is 3.82. The predicted octanol–water partition coefficient (Wildman–Crippen LogP) is 1.62. The molecule has 1 aliphatic heterocycles. The van der Waals surface area contributed by atoms with Crippen LogP contribution in [0.15, 0.2) is 4.52 Å². The summed E-state index contributed by atoms with van der Waals surface area (Å²) in [5.41, 5.74) is 0. The minimum absolute atomic E-state index is 0.154. The Hall–Kier alpha value is -0.940. The molecule has 2 heterocycles. The lowest BCUT2D eigenvalue weighted by molar-refractivity contribution is 0.174. The van der Waals surface area contributed by atoms with E-state index < -0.39 is 0 Å². The number of nitrogens with zero attached hydrogens (tertiary/aromatic N) is 3. The quantitative estimate of drug-likeness (QED) is 0.863. The average Bonchev–Trinajstić information content (AvgIpc) is 2.86. The van der Waals surface area contributed by atoms with Gasteiger partial charge in [0.15, 0.2) is 5.82 Å². The molecule has 2 unspecified atom stereocenters. The maximum absolute atomic E-state index is 5.34. The van der Waals surface area contributed by atoms with Crippen molar-refractivity contribution in [3.05, 3.63) is 11.7 Å². The van der Waals surface area contributed by atoms with Crippen molar-refractivity contribution in [2.24, 2.45) is 5.92 Å². The lowest BCUT2D eigenvalue weighted by Gasteiger charge is -2.31. The fourth-order valence-electron chi connectivity index (χ4n) is 2.51. The van der Waals surface area contributed by atoms with Gasteiger partial charge in [-0.05, 0) is 45.8 Å². The van der Waals surface area contributed by atoms with Crippen molar-refractivity contribution in [2.75, 3.05) is 26.7 Å². The Labute approximate surface area is 109 Å². The van der Waals surface area contributed by atoms with Gasteiger partial charge in [-0.2, -0.15) is 4.98 Å². The molecule has 18 heavy (non-hydrogen) atoms. The SMILES string of the molecule is CCN1CCCC(Cc2nc(C(C)NC)no2)C1. The first-order chi connectivity index (χ1) is 8.72. The van der Waals surface area contributed by atoms with Crippen molar-refractivity contribution < 1.29 is 4.52 Å². The highest BCUT2D eigenvalue weighted by Gasteiger charge is 2.22. The van der Waals surface area contributed by atoms with Gasteiger partial charge in [0.1, 0.15) is 0 Å². The molecule has 5 nitrogen and oxygen atoms in total. The standard InChI is InChI=1S/C13H24N4O/c1-4-17-7-5-6-11(9-17)8-12-15-13(16-18-12)10(2)14-3/h10-11,14H,4-9H2,1-3H3. The Morgan fingerprint density at radius 3 is 3.11 bits per heavy atom. The van der Waals surface area contributed by atoms with E-state index >= 15 is 0 Å². The monoisotopic (exact) mass is 252 g/mol. The van der Waals surface area contributed by atoms with E-state index in [0.717, 1.165) is 31.2 Å². The van der Waals surface area contributed by atoms with Crippen molar-refractivity contribution in [1.29, 1.82) is 0 Å². The van der Waals surface area contributed by atoms with E-state index in [2.05, 4.69) is 27.3 Å². The van der Waals surface area contributed by atoms with Gasteiger partial charge in [0.2, 0.25) is 5.89 Å². The highest BCUT2D eigenvalue weighted by atomic mass is 16.5. The summed E-state index contributed by atoms with van der Waals surface area (Å²) in [6.07, 6.45) is 3.47. The summed E-state index contributed by atoms with van der Waals surface area (Å²) in [4.78, 5) is 6.97. The van der Waals surface area contributed by atoms with Gasteiger partial charge in [0.25, 0.3) is 0 Å². The van der Waals surface area contributed by atoms with Gasteiger partial charge in [0.05, 0.1) is 6.04 Å². The molecule has 0 aliphatic carbocycles. The number of aromatic nitrogens is 2. The zero-order valence-electron chi connectivity index (χ0n) is 11.6. The predicted molar refractivity (Wildman–Crippen MR) is 70.3 cm³/mol. The Morgan fingerprint density at radius 1 is 1.56 bits per heavy atom. The van der Waals surface area contributed by atoms with Crippen molar-refractivity contribution >= 4 is 0 Å². The molecule has 0 aromatic carbocycles. The highest BCUT2D eigenvalue weighted by molar-refractivity contribution is 4.93. The maximum Gasteiger partial charge on any atom is 0.227 e. The van der Waals surface area contributed by atoms with Crippen LogP contribution in [-0.2, 0) is 6.42 Å². The second kappa shape index (κ2) is 6.29. The van der Waals surface area contributed by atoms with Gasteiger partial charge in [-0.1, -0.05) is 12.1 Å². The molecule has 5 heteroatoms. The molecular formula is C13H24N4O. The summed E-state index contributed by atoms with van der Waals surface area (Å²) < 4.78 is 5.34. The van der Waals surface area contributed by atoms with Crippen LogP contribution >= 0.6 is 0 Å². The largest absolute Gasteiger partial charge is 0.339 e. The Bertz CT molecular complexity index is 366. The lowest BCUT2D eigenvalue weighted by atomic mass is 9.95. The molecule has 1 aromatic rings. The molecule has 0 spiro atoms. The van der Waals surface area contributed by atoms with Crippen LogP contribution in [0.5, 0.6) is 0 Å². The average molecular weight is 252 g/mol. The zero-order chi connectivity index (χ0) is 13.0. The summed E-state index contributed by atoms with van der Waals surface area (Å²) in [5, 5.41) is 7.15. The second-order valence-electron chi connectivity index (χ2n) is 5.16. The van der Waals surface area contributed by atoms with E-state index in [1.165, 1.54) is 19.4 Å². The van der Waals surface area contributed by atoms with Crippen molar-refractivity contribution in [1.82, 2.24) is 20.4 Å². The van der Waals surface area contributed by atoms with Gasteiger partial charge in [-0.3, -0.25) is 0 Å². The number of hydrogen-bond acceptors (Lipinski definition) is 5. The fraction of sp³-hybridized carbons (Fsp3) is 0.846. The molecule has 0 amide bonds. The second-order valence-corrected chi connectivity index (χ2v) is 5.16. The number of likely N-dealkylation sites (tertiary alicyclic amines) is 1. The van der Waals surface area contributed by atoms with Gasteiger partial charge in [-0.25, -0.2) is 0 Å².